The van der Waals surface area contributed by atoms with Gasteiger partial charge in [0.2, 0.25) is 5.82 Å². The molecular weight excluding hydrogens is 257 g/mol. The first-order valence-electron chi connectivity index (χ1n) is 4.77. The Bertz CT molecular complexity index is 470. The third-order valence-electron chi connectivity index (χ3n) is 1.92. The first kappa shape index (κ1) is 14.1. The summed E-state index contributed by atoms with van der Waals surface area (Å²) in [5.41, 5.74) is -1.07. The molecule has 1 aromatic carbocycles. The van der Waals surface area contributed by atoms with Gasteiger partial charge in [0, 0.05) is 0 Å². The molecule has 0 aliphatic heterocycles. The van der Waals surface area contributed by atoms with Crippen LogP contribution in [0.4, 0.5) is 22.0 Å². The summed E-state index contributed by atoms with van der Waals surface area (Å²) in [6.07, 6.45) is 4.22. The number of allylic oxidation sites excluding steroid dienone is 2. The highest BCUT2D eigenvalue weighted by molar-refractivity contribution is 5.70. The molecule has 0 heterocycles. The topological polar surface area (TPSA) is 21.6 Å². The van der Waals surface area contributed by atoms with Crippen LogP contribution in [0.15, 0.2) is 17.3 Å². The predicted octanol–water partition coefficient (Wildman–Crippen LogP) is 3.46. The van der Waals surface area contributed by atoms with Gasteiger partial charge in [0.25, 0.3) is 0 Å². The van der Waals surface area contributed by atoms with Crippen molar-refractivity contribution in [1.29, 1.82) is 0 Å². The lowest BCUT2D eigenvalue weighted by atomic mass is 10.2. The Morgan fingerprint density at radius 2 is 1.44 bits per heavy atom. The summed E-state index contributed by atoms with van der Waals surface area (Å²) in [6, 6.07) is 0. The summed E-state index contributed by atoms with van der Waals surface area (Å²) in [7, 11) is 0. The Morgan fingerprint density at radius 3 is 1.94 bits per heavy atom. The average Bonchev–Trinajstić information content (AvgIpc) is 2.37. The standard InChI is InChI=1S/C11H8F5NO/c1-2-3-4-17-18-5-6-7(12)9(14)11(16)10(15)8(6)13/h2-4H,5H2,1H3/b3-2?,17-4+. The highest BCUT2D eigenvalue weighted by atomic mass is 19.2. The number of benzene rings is 1. The Hall–Kier alpha value is -1.92. The van der Waals surface area contributed by atoms with E-state index in [0.717, 1.165) is 6.21 Å². The lowest BCUT2D eigenvalue weighted by Crippen LogP contribution is -2.07. The van der Waals surface area contributed by atoms with Gasteiger partial charge in [-0.2, -0.15) is 0 Å². The Morgan fingerprint density at radius 1 is 0.944 bits per heavy atom. The van der Waals surface area contributed by atoms with Crippen molar-refractivity contribution in [3.63, 3.8) is 0 Å². The second-order valence-corrected chi connectivity index (χ2v) is 3.10. The van der Waals surface area contributed by atoms with Crippen molar-refractivity contribution in [3.05, 3.63) is 46.8 Å². The zero-order chi connectivity index (χ0) is 13.7. The van der Waals surface area contributed by atoms with Gasteiger partial charge in [0.15, 0.2) is 23.3 Å². The van der Waals surface area contributed by atoms with Crippen LogP contribution in [0, 0.1) is 29.1 Å². The monoisotopic (exact) mass is 265 g/mol. The van der Waals surface area contributed by atoms with E-state index in [0.29, 0.717) is 0 Å². The summed E-state index contributed by atoms with van der Waals surface area (Å²) < 4.78 is 64.4. The van der Waals surface area contributed by atoms with E-state index in [9.17, 15) is 22.0 Å². The minimum atomic E-state index is -2.20. The molecular formula is C11H8F5NO. The molecule has 0 spiro atoms. The predicted molar refractivity (Wildman–Crippen MR) is 54.3 cm³/mol. The normalized spacial score (nSPS) is 11.7. The lowest BCUT2D eigenvalue weighted by molar-refractivity contribution is 0.124. The number of hydrogen-bond acceptors (Lipinski definition) is 2. The molecule has 0 saturated heterocycles. The molecule has 0 fully saturated rings. The number of rotatable bonds is 4. The minimum absolute atomic E-state index is 0.861. The van der Waals surface area contributed by atoms with Crippen molar-refractivity contribution in [1.82, 2.24) is 0 Å². The van der Waals surface area contributed by atoms with Crippen LogP contribution in [0.25, 0.3) is 0 Å². The van der Waals surface area contributed by atoms with E-state index in [1.807, 2.05) is 0 Å². The quantitative estimate of drug-likeness (QED) is 0.268. The number of oxime groups is 1. The number of nitrogens with zero attached hydrogens (tertiary/aromatic N) is 1. The molecule has 1 rings (SSSR count). The third-order valence-corrected chi connectivity index (χ3v) is 1.92. The second-order valence-electron chi connectivity index (χ2n) is 3.10. The van der Waals surface area contributed by atoms with Gasteiger partial charge in [0.1, 0.15) is 6.61 Å². The van der Waals surface area contributed by atoms with Crippen LogP contribution in [-0.4, -0.2) is 6.21 Å². The van der Waals surface area contributed by atoms with Crippen molar-refractivity contribution >= 4 is 6.21 Å². The van der Waals surface area contributed by atoms with E-state index >= 15 is 0 Å². The van der Waals surface area contributed by atoms with E-state index < -0.39 is 41.3 Å². The van der Waals surface area contributed by atoms with Gasteiger partial charge in [-0.1, -0.05) is 11.2 Å². The molecule has 1 aromatic rings. The molecule has 0 bridgehead atoms. The summed E-state index contributed by atoms with van der Waals surface area (Å²) >= 11 is 0. The zero-order valence-corrected chi connectivity index (χ0v) is 9.18. The molecule has 0 aromatic heterocycles. The summed E-state index contributed by atoms with van der Waals surface area (Å²) in [5.74, 6) is -10.1. The van der Waals surface area contributed by atoms with Crippen LogP contribution >= 0.6 is 0 Å². The van der Waals surface area contributed by atoms with Gasteiger partial charge in [-0.05, 0) is 13.0 Å². The summed E-state index contributed by atoms with van der Waals surface area (Å²) in [5, 5.41) is 3.24. The molecule has 0 unspecified atom stereocenters. The van der Waals surface area contributed by atoms with E-state index in [4.69, 9.17) is 0 Å². The van der Waals surface area contributed by atoms with Crippen LogP contribution < -0.4 is 0 Å². The van der Waals surface area contributed by atoms with Gasteiger partial charge in [-0.3, -0.25) is 0 Å². The first-order valence-corrected chi connectivity index (χ1v) is 4.77. The fourth-order valence-electron chi connectivity index (χ4n) is 1.04. The fraction of sp³-hybridized carbons (Fsp3) is 0.182. The third kappa shape index (κ3) is 2.85. The molecule has 0 aliphatic carbocycles. The van der Waals surface area contributed by atoms with Gasteiger partial charge in [-0.25, -0.2) is 22.0 Å². The molecule has 7 heteroatoms. The van der Waals surface area contributed by atoms with Crippen LogP contribution in [0.3, 0.4) is 0 Å². The van der Waals surface area contributed by atoms with E-state index in [2.05, 4.69) is 9.99 Å². The largest absolute Gasteiger partial charge is 0.391 e. The Labute approximate surface area is 99.4 Å². The van der Waals surface area contributed by atoms with E-state index in [-0.39, 0.29) is 0 Å². The SMILES string of the molecule is CC=C/C=N/OCc1c(F)c(F)c(F)c(F)c1F. The summed E-state index contributed by atoms with van der Waals surface area (Å²) in [4.78, 5) is 4.42. The number of hydrogen-bond donors (Lipinski definition) is 0. The van der Waals surface area contributed by atoms with Crippen LogP contribution in [-0.2, 0) is 11.4 Å². The highest BCUT2D eigenvalue weighted by Crippen LogP contribution is 2.23. The van der Waals surface area contributed by atoms with Gasteiger partial charge >= 0.3 is 0 Å². The zero-order valence-electron chi connectivity index (χ0n) is 9.18. The van der Waals surface area contributed by atoms with Crippen LogP contribution in [0.1, 0.15) is 12.5 Å². The van der Waals surface area contributed by atoms with Gasteiger partial charge in [-0.15, -0.1) is 0 Å². The highest BCUT2D eigenvalue weighted by Gasteiger charge is 2.25. The van der Waals surface area contributed by atoms with E-state index in [1.165, 1.54) is 6.08 Å². The maximum absolute atomic E-state index is 13.1. The van der Waals surface area contributed by atoms with Crippen molar-refractivity contribution in [2.45, 2.75) is 13.5 Å². The molecule has 0 N–H and O–H groups in total. The maximum atomic E-state index is 13.1. The first-order chi connectivity index (χ1) is 8.50. The Balaban J connectivity index is 2.96. The van der Waals surface area contributed by atoms with Crippen molar-refractivity contribution in [2.75, 3.05) is 0 Å². The molecule has 0 aliphatic rings. The van der Waals surface area contributed by atoms with Crippen molar-refractivity contribution < 1.29 is 26.8 Å². The second kappa shape index (κ2) is 6.13. The van der Waals surface area contributed by atoms with Gasteiger partial charge in [0.05, 0.1) is 11.8 Å². The van der Waals surface area contributed by atoms with Crippen molar-refractivity contribution in [3.8, 4) is 0 Å². The molecule has 0 saturated carbocycles. The molecule has 98 valence electrons. The fourth-order valence-corrected chi connectivity index (χ4v) is 1.04. The smallest absolute Gasteiger partial charge is 0.200 e. The maximum Gasteiger partial charge on any atom is 0.200 e. The summed E-state index contributed by atoms with van der Waals surface area (Å²) in [6.45, 7) is 0.829. The van der Waals surface area contributed by atoms with Gasteiger partial charge < -0.3 is 4.84 Å². The average molecular weight is 265 g/mol. The number of halogens is 5. The molecule has 2 nitrogen and oxygen atoms in total. The Kier molecular flexibility index (Phi) is 4.82. The lowest BCUT2D eigenvalue weighted by Gasteiger charge is -2.06. The molecule has 18 heavy (non-hydrogen) atoms. The van der Waals surface area contributed by atoms with E-state index in [1.54, 1.807) is 13.0 Å². The van der Waals surface area contributed by atoms with Crippen LogP contribution in [0.2, 0.25) is 0 Å². The molecule has 0 atom stereocenters. The van der Waals surface area contributed by atoms with Crippen molar-refractivity contribution in [2.24, 2.45) is 5.16 Å². The van der Waals surface area contributed by atoms with Crippen LogP contribution in [0.5, 0.6) is 0 Å². The molecule has 0 radical (unpaired) electrons. The minimum Gasteiger partial charge on any atom is -0.391 e. The molecule has 0 amide bonds.